The topological polar surface area (TPSA) is 35.6 Å². The predicted molar refractivity (Wildman–Crippen MR) is 266 cm³/mol. The smallest absolute Gasteiger partial charge is 0.168 e. The highest BCUT2D eigenvalue weighted by Crippen LogP contribution is 2.40. The maximum atomic E-state index is 4.84. The largest absolute Gasteiger partial charge is 0.309 e. The van der Waals surface area contributed by atoms with E-state index in [1.54, 1.807) is 0 Å². The molecule has 0 spiro atoms. The monoisotopic (exact) mass is 816 g/mol. The molecule has 4 heteroatoms. The number of rotatable bonds is 8. The normalized spacial score (nSPS) is 11.4. The molecule has 300 valence electrons. The molecule has 0 aliphatic carbocycles. The van der Waals surface area contributed by atoms with Crippen molar-refractivity contribution < 1.29 is 0 Å². The highest BCUT2D eigenvalue weighted by molar-refractivity contribution is 6.09. The quantitative estimate of drug-likeness (QED) is 0.153. The summed E-state index contributed by atoms with van der Waals surface area (Å²) in [6.07, 6.45) is 0. The third kappa shape index (κ3) is 6.40. The minimum Gasteiger partial charge on any atom is -0.309 e. The highest BCUT2D eigenvalue weighted by Gasteiger charge is 2.19. The van der Waals surface area contributed by atoms with E-state index in [1.165, 1.54) is 66.0 Å². The van der Waals surface area contributed by atoms with Gasteiger partial charge in [0.1, 0.15) is 0 Å². The molecule has 2 heterocycles. The molecule has 10 aromatic carbocycles. The van der Waals surface area contributed by atoms with Gasteiger partial charge in [-0.1, -0.05) is 206 Å². The highest BCUT2D eigenvalue weighted by atomic mass is 15.3. The summed E-state index contributed by atoms with van der Waals surface area (Å²) in [5.41, 5.74) is 15.9. The van der Waals surface area contributed by atoms with E-state index >= 15 is 0 Å². The molecule has 0 saturated heterocycles. The van der Waals surface area contributed by atoms with Crippen molar-refractivity contribution in [2.24, 2.45) is 0 Å². The lowest BCUT2D eigenvalue weighted by molar-refractivity contribution is 1.07. The van der Waals surface area contributed by atoms with E-state index in [4.69, 9.17) is 10.2 Å². The van der Waals surface area contributed by atoms with E-state index in [2.05, 4.69) is 234 Å². The Morgan fingerprint density at radius 2 is 0.609 bits per heavy atom. The second-order valence-electron chi connectivity index (χ2n) is 16.2. The van der Waals surface area contributed by atoms with Crippen LogP contribution in [0.1, 0.15) is 0 Å². The van der Waals surface area contributed by atoms with Crippen molar-refractivity contribution in [1.29, 1.82) is 0 Å². The molecule has 0 unspecified atom stereocenters. The third-order valence-electron chi connectivity index (χ3n) is 12.5. The molecule has 0 amide bonds. The Labute approximate surface area is 371 Å². The van der Waals surface area contributed by atoms with Crippen molar-refractivity contribution in [2.75, 3.05) is 0 Å². The van der Waals surface area contributed by atoms with Gasteiger partial charge in [0.05, 0.1) is 11.0 Å². The molecule has 0 aliphatic heterocycles. The molecule has 12 rings (SSSR count). The number of fused-ring (bicyclic) bond motifs is 4. The van der Waals surface area contributed by atoms with Crippen LogP contribution < -0.4 is 0 Å². The second kappa shape index (κ2) is 15.7. The zero-order valence-corrected chi connectivity index (χ0v) is 34.9. The van der Waals surface area contributed by atoms with Gasteiger partial charge in [-0.2, -0.15) is 0 Å². The lowest BCUT2D eigenvalue weighted by Gasteiger charge is -2.16. The molecule has 0 fully saturated rings. The first-order valence-electron chi connectivity index (χ1n) is 21.7. The van der Waals surface area contributed by atoms with E-state index in [0.717, 1.165) is 45.3 Å². The summed E-state index contributed by atoms with van der Waals surface area (Å²) in [6, 6.07) is 86.6. The van der Waals surface area contributed by atoms with Gasteiger partial charge in [0.15, 0.2) is 11.6 Å². The summed E-state index contributed by atoms with van der Waals surface area (Å²) in [7, 11) is 0. The van der Waals surface area contributed by atoms with Crippen LogP contribution in [0.25, 0.3) is 111 Å². The molecule has 0 aliphatic rings. The first-order valence-corrected chi connectivity index (χ1v) is 21.7. The molecule has 4 nitrogen and oxygen atoms in total. The summed E-state index contributed by atoms with van der Waals surface area (Å²) in [6.45, 7) is 0. The standard InChI is InChI=1S/C60H40N4/c1-2-16-45(17-3-1)59-61-62-60(64(59)48-39-35-43(36-40-48)50-26-14-18-41-15-4-5-19-49(41)50)46-31-29-42(30-32-46)51-20-6-8-22-53(51)54-23-9-7-21-52(54)44-33-37-47(38-34-44)63-57-27-12-10-24-55(57)56-25-11-13-28-58(56)63/h1-40H. The fourth-order valence-electron chi connectivity index (χ4n) is 9.49. The van der Waals surface area contributed by atoms with Gasteiger partial charge in [-0.3, -0.25) is 4.57 Å². The van der Waals surface area contributed by atoms with Crippen molar-refractivity contribution in [3.63, 3.8) is 0 Å². The van der Waals surface area contributed by atoms with Crippen LogP contribution in [0.5, 0.6) is 0 Å². The van der Waals surface area contributed by atoms with Crippen molar-refractivity contribution in [1.82, 2.24) is 19.3 Å². The third-order valence-corrected chi connectivity index (χ3v) is 12.5. The molecule has 2 aromatic heterocycles. The molecule has 0 radical (unpaired) electrons. The number of hydrogen-bond donors (Lipinski definition) is 0. The van der Waals surface area contributed by atoms with Gasteiger partial charge in [0.2, 0.25) is 0 Å². The first kappa shape index (κ1) is 37.2. The summed E-state index contributed by atoms with van der Waals surface area (Å²) in [4.78, 5) is 0. The van der Waals surface area contributed by atoms with Crippen molar-refractivity contribution >= 4 is 32.6 Å². The Morgan fingerprint density at radius 3 is 1.19 bits per heavy atom. The van der Waals surface area contributed by atoms with Gasteiger partial charge < -0.3 is 4.57 Å². The first-order chi connectivity index (χ1) is 31.8. The van der Waals surface area contributed by atoms with Crippen molar-refractivity contribution in [3.8, 4) is 78.7 Å². The Bertz CT molecular complexity index is 3580. The van der Waals surface area contributed by atoms with E-state index in [9.17, 15) is 0 Å². The minimum absolute atomic E-state index is 0.784. The lowest BCUT2D eigenvalue weighted by atomic mass is 9.89. The molecule has 0 atom stereocenters. The zero-order valence-electron chi connectivity index (χ0n) is 34.9. The predicted octanol–water partition coefficient (Wildman–Crippen LogP) is 15.5. The van der Waals surface area contributed by atoms with Gasteiger partial charge in [0.25, 0.3) is 0 Å². The van der Waals surface area contributed by atoms with E-state index in [1.807, 2.05) is 18.2 Å². The average Bonchev–Trinajstić information content (AvgIpc) is 3.97. The molecule has 12 aromatic rings. The van der Waals surface area contributed by atoms with Gasteiger partial charge >= 0.3 is 0 Å². The fraction of sp³-hybridized carbons (Fsp3) is 0. The Hall–Kier alpha value is -8.60. The van der Waals surface area contributed by atoms with Gasteiger partial charge in [-0.25, -0.2) is 0 Å². The summed E-state index contributed by atoms with van der Waals surface area (Å²) < 4.78 is 4.54. The molecule has 64 heavy (non-hydrogen) atoms. The Balaban J connectivity index is 0.894. The van der Waals surface area contributed by atoms with Crippen LogP contribution in [-0.4, -0.2) is 19.3 Å². The van der Waals surface area contributed by atoms with E-state index < -0.39 is 0 Å². The Morgan fingerprint density at radius 1 is 0.234 bits per heavy atom. The SMILES string of the molecule is c1ccc(-c2nnc(-c3ccc(-c4ccccc4-c4ccccc4-c4ccc(-n5c6ccccc6c6ccccc65)cc4)cc3)n2-c2ccc(-c3cccc4ccccc34)cc2)cc1. The summed E-state index contributed by atoms with van der Waals surface area (Å²) in [5, 5.41) is 14.6. The van der Waals surface area contributed by atoms with Gasteiger partial charge in [0, 0.05) is 33.3 Å². The maximum Gasteiger partial charge on any atom is 0.168 e. The zero-order chi connectivity index (χ0) is 42.4. The van der Waals surface area contributed by atoms with E-state index in [0.29, 0.717) is 0 Å². The number of benzene rings is 10. The van der Waals surface area contributed by atoms with Crippen molar-refractivity contribution in [3.05, 3.63) is 243 Å². The van der Waals surface area contributed by atoms with Crippen molar-refractivity contribution in [2.45, 2.75) is 0 Å². The van der Waals surface area contributed by atoms with Gasteiger partial charge in [-0.05, 0) is 91.7 Å². The number of aromatic nitrogens is 4. The molecule has 0 bridgehead atoms. The summed E-state index contributed by atoms with van der Waals surface area (Å²) in [5.74, 6) is 1.58. The number of para-hydroxylation sites is 2. The van der Waals surface area contributed by atoms with Crippen LogP contribution in [0.15, 0.2) is 243 Å². The van der Waals surface area contributed by atoms with Crippen LogP contribution in [0.4, 0.5) is 0 Å². The number of nitrogens with zero attached hydrogens (tertiary/aromatic N) is 4. The fourth-order valence-corrected chi connectivity index (χ4v) is 9.49. The van der Waals surface area contributed by atoms with Crippen LogP contribution in [0.3, 0.4) is 0 Å². The van der Waals surface area contributed by atoms with Crippen LogP contribution >= 0.6 is 0 Å². The molecule has 0 saturated carbocycles. The molecular weight excluding hydrogens is 777 g/mol. The average molecular weight is 817 g/mol. The maximum absolute atomic E-state index is 4.84. The number of hydrogen-bond acceptors (Lipinski definition) is 2. The lowest BCUT2D eigenvalue weighted by Crippen LogP contribution is -2.00. The van der Waals surface area contributed by atoms with Crippen LogP contribution in [0, 0.1) is 0 Å². The second-order valence-corrected chi connectivity index (χ2v) is 16.2. The van der Waals surface area contributed by atoms with Gasteiger partial charge in [-0.15, -0.1) is 10.2 Å². The molecular formula is C60H40N4. The minimum atomic E-state index is 0.784. The van der Waals surface area contributed by atoms with E-state index in [-0.39, 0.29) is 0 Å². The van der Waals surface area contributed by atoms with Crippen LogP contribution in [0.2, 0.25) is 0 Å². The Kier molecular flexibility index (Phi) is 9.12. The molecule has 0 N–H and O–H groups in total. The summed E-state index contributed by atoms with van der Waals surface area (Å²) >= 11 is 0. The van der Waals surface area contributed by atoms with Crippen LogP contribution in [-0.2, 0) is 0 Å².